The second kappa shape index (κ2) is 6.66. The van der Waals surface area contributed by atoms with Crippen LogP contribution in [0, 0.1) is 0 Å². The molecule has 0 saturated carbocycles. The number of aromatic nitrogens is 2. The first kappa shape index (κ1) is 15.3. The molecule has 0 bridgehead atoms. The molecule has 118 valence electrons. The second-order valence-corrected chi connectivity index (χ2v) is 5.47. The molecule has 2 aromatic heterocycles. The Morgan fingerprint density at radius 1 is 1.57 bits per heavy atom. The number of nitrogens with zero attached hydrogens (tertiary/aromatic N) is 2. The Morgan fingerprint density at radius 3 is 3.26 bits per heavy atom. The highest BCUT2D eigenvalue weighted by atomic mass is 79.9. The fraction of sp³-hybridized carbons (Fsp3) is 0.133. The number of aromatic amines is 1. The van der Waals surface area contributed by atoms with Gasteiger partial charge in [0, 0.05) is 27.1 Å². The smallest absolute Gasteiger partial charge is 0.327 e. The highest BCUT2D eigenvalue weighted by Gasteiger charge is 2.13. The zero-order chi connectivity index (χ0) is 16.2. The lowest BCUT2D eigenvalue weighted by molar-refractivity contribution is 0.0912. The third-order valence-corrected chi connectivity index (χ3v) is 3.50. The number of hydrogen-bond donors (Lipinski definition) is 2. The SMILES string of the molecule is CCOc1cnc(C(=O)N/N=C/c2c[nH]c3ccc(Br)cc23)o1. The number of hydrazone groups is 1. The van der Waals surface area contributed by atoms with Gasteiger partial charge in [-0.25, -0.2) is 10.4 Å². The molecular formula is C15H13BrN4O3. The van der Waals surface area contributed by atoms with Crippen molar-refractivity contribution in [2.24, 2.45) is 5.10 Å². The van der Waals surface area contributed by atoms with Crippen LogP contribution in [-0.2, 0) is 0 Å². The van der Waals surface area contributed by atoms with Gasteiger partial charge in [0.05, 0.1) is 12.8 Å². The zero-order valence-electron chi connectivity index (χ0n) is 12.2. The number of carbonyl (C=O) groups is 1. The van der Waals surface area contributed by atoms with Crippen molar-refractivity contribution in [2.45, 2.75) is 6.92 Å². The van der Waals surface area contributed by atoms with Crippen LogP contribution in [0.5, 0.6) is 5.95 Å². The average molecular weight is 377 g/mol. The second-order valence-electron chi connectivity index (χ2n) is 4.55. The maximum absolute atomic E-state index is 11.9. The molecule has 2 heterocycles. The minimum absolute atomic E-state index is 0.104. The summed E-state index contributed by atoms with van der Waals surface area (Å²) in [6.45, 7) is 2.25. The number of amides is 1. The number of halogens is 1. The summed E-state index contributed by atoms with van der Waals surface area (Å²) in [6, 6.07) is 5.87. The van der Waals surface area contributed by atoms with Crippen LogP contribution in [0.4, 0.5) is 0 Å². The Labute approximate surface area is 139 Å². The molecule has 7 nitrogen and oxygen atoms in total. The van der Waals surface area contributed by atoms with E-state index in [4.69, 9.17) is 9.15 Å². The van der Waals surface area contributed by atoms with Crippen LogP contribution in [0.1, 0.15) is 23.2 Å². The van der Waals surface area contributed by atoms with E-state index in [1.165, 1.54) is 6.20 Å². The van der Waals surface area contributed by atoms with E-state index in [0.717, 1.165) is 20.9 Å². The summed E-state index contributed by atoms with van der Waals surface area (Å²) < 4.78 is 11.2. The van der Waals surface area contributed by atoms with E-state index >= 15 is 0 Å². The summed E-state index contributed by atoms with van der Waals surface area (Å²) in [4.78, 5) is 18.8. The lowest BCUT2D eigenvalue weighted by atomic mass is 10.2. The maximum Gasteiger partial charge on any atom is 0.327 e. The van der Waals surface area contributed by atoms with Gasteiger partial charge in [-0.2, -0.15) is 5.10 Å². The van der Waals surface area contributed by atoms with Crippen molar-refractivity contribution in [1.82, 2.24) is 15.4 Å². The van der Waals surface area contributed by atoms with E-state index in [0.29, 0.717) is 6.61 Å². The maximum atomic E-state index is 11.9. The first-order valence-electron chi connectivity index (χ1n) is 6.86. The van der Waals surface area contributed by atoms with Crippen molar-refractivity contribution >= 4 is 39.0 Å². The van der Waals surface area contributed by atoms with Crippen LogP contribution in [0.15, 0.2) is 44.6 Å². The first-order chi connectivity index (χ1) is 11.2. The zero-order valence-corrected chi connectivity index (χ0v) is 13.8. The molecule has 0 radical (unpaired) electrons. The van der Waals surface area contributed by atoms with Crippen LogP contribution < -0.4 is 10.2 Å². The summed E-state index contributed by atoms with van der Waals surface area (Å²) in [5.41, 5.74) is 4.20. The van der Waals surface area contributed by atoms with Gasteiger partial charge in [0.15, 0.2) is 0 Å². The summed E-state index contributed by atoms with van der Waals surface area (Å²) in [6.07, 6.45) is 4.71. The Bertz CT molecular complexity index is 869. The van der Waals surface area contributed by atoms with E-state index in [1.54, 1.807) is 6.21 Å². The Balaban J connectivity index is 1.69. The summed E-state index contributed by atoms with van der Waals surface area (Å²) in [7, 11) is 0. The van der Waals surface area contributed by atoms with Crippen molar-refractivity contribution in [3.05, 3.63) is 46.5 Å². The van der Waals surface area contributed by atoms with Crippen molar-refractivity contribution in [3.63, 3.8) is 0 Å². The Hall–Kier alpha value is -2.61. The third kappa shape index (κ3) is 3.42. The number of hydrogen-bond acceptors (Lipinski definition) is 5. The van der Waals surface area contributed by atoms with E-state index in [9.17, 15) is 4.79 Å². The van der Waals surface area contributed by atoms with E-state index in [2.05, 4.69) is 36.4 Å². The lowest BCUT2D eigenvalue weighted by Crippen LogP contribution is -2.17. The van der Waals surface area contributed by atoms with Crippen LogP contribution in [0.3, 0.4) is 0 Å². The van der Waals surface area contributed by atoms with Crippen molar-refractivity contribution < 1.29 is 13.9 Å². The number of H-pyrrole nitrogens is 1. The minimum Gasteiger partial charge on any atom is -0.464 e. The predicted octanol–water partition coefficient (Wildman–Crippen LogP) is 3.08. The van der Waals surface area contributed by atoms with Gasteiger partial charge < -0.3 is 14.1 Å². The number of oxazole rings is 1. The average Bonchev–Trinajstić information content (AvgIpc) is 3.15. The third-order valence-electron chi connectivity index (χ3n) is 3.01. The van der Waals surface area contributed by atoms with Gasteiger partial charge in [-0.3, -0.25) is 4.79 Å². The molecule has 0 aliphatic heterocycles. The number of fused-ring (bicyclic) bond motifs is 1. The molecule has 8 heteroatoms. The highest BCUT2D eigenvalue weighted by Crippen LogP contribution is 2.21. The standard InChI is InChI=1S/C15H13BrN4O3/c1-2-22-13-8-18-15(23-13)14(21)20-19-7-9-6-17-12-4-3-10(16)5-11(9)12/h3-8,17H,2H2,1H3,(H,20,21)/b19-7+. The van der Waals surface area contributed by atoms with Crippen LogP contribution in [-0.4, -0.2) is 28.7 Å². The molecule has 23 heavy (non-hydrogen) atoms. The van der Waals surface area contributed by atoms with Gasteiger partial charge in [0.2, 0.25) is 0 Å². The monoisotopic (exact) mass is 376 g/mol. The Morgan fingerprint density at radius 2 is 2.43 bits per heavy atom. The minimum atomic E-state index is -0.548. The fourth-order valence-corrected chi connectivity index (χ4v) is 2.36. The number of carbonyl (C=O) groups excluding carboxylic acids is 1. The molecule has 2 N–H and O–H groups in total. The molecule has 0 atom stereocenters. The van der Waals surface area contributed by atoms with Gasteiger partial charge in [-0.15, -0.1) is 0 Å². The molecule has 1 aromatic carbocycles. The number of rotatable bonds is 5. The molecule has 3 rings (SSSR count). The van der Waals surface area contributed by atoms with Crippen LogP contribution in [0.2, 0.25) is 0 Å². The van der Waals surface area contributed by atoms with Gasteiger partial charge in [0.1, 0.15) is 6.20 Å². The quantitative estimate of drug-likeness (QED) is 0.528. The largest absolute Gasteiger partial charge is 0.464 e. The lowest BCUT2D eigenvalue weighted by Gasteiger charge is -1.96. The fourth-order valence-electron chi connectivity index (χ4n) is 2.00. The van der Waals surface area contributed by atoms with Crippen molar-refractivity contribution in [3.8, 4) is 5.95 Å². The molecule has 1 amide bonds. The molecule has 0 aliphatic carbocycles. The van der Waals surface area contributed by atoms with Crippen molar-refractivity contribution in [1.29, 1.82) is 0 Å². The van der Waals surface area contributed by atoms with Gasteiger partial charge in [0.25, 0.3) is 5.89 Å². The first-order valence-corrected chi connectivity index (χ1v) is 7.65. The Kier molecular flexibility index (Phi) is 4.42. The molecule has 0 aliphatic rings. The van der Waals surface area contributed by atoms with Gasteiger partial charge >= 0.3 is 11.9 Å². The molecule has 0 unspecified atom stereocenters. The number of benzene rings is 1. The topological polar surface area (TPSA) is 92.5 Å². The molecule has 0 saturated heterocycles. The summed E-state index contributed by atoms with van der Waals surface area (Å²) in [5.74, 6) is -0.455. The van der Waals surface area contributed by atoms with Crippen molar-refractivity contribution in [2.75, 3.05) is 6.61 Å². The molecule has 0 spiro atoms. The van der Waals surface area contributed by atoms with Crippen LogP contribution >= 0.6 is 15.9 Å². The normalized spacial score (nSPS) is 11.2. The molecule has 3 aromatic rings. The molecular weight excluding hydrogens is 364 g/mol. The van der Waals surface area contributed by atoms with E-state index in [1.807, 2.05) is 31.3 Å². The van der Waals surface area contributed by atoms with E-state index < -0.39 is 5.91 Å². The number of ether oxygens (including phenoxy) is 1. The van der Waals surface area contributed by atoms with E-state index in [-0.39, 0.29) is 11.8 Å². The molecule has 0 fully saturated rings. The highest BCUT2D eigenvalue weighted by molar-refractivity contribution is 9.10. The number of nitrogens with one attached hydrogen (secondary N) is 2. The van der Waals surface area contributed by atoms with Gasteiger partial charge in [-0.05, 0) is 25.1 Å². The van der Waals surface area contributed by atoms with Crippen LogP contribution in [0.25, 0.3) is 10.9 Å². The predicted molar refractivity (Wildman–Crippen MR) is 88.7 cm³/mol. The summed E-state index contributed by atoms with van der Waals surface area (Å²) in [5, 5.41) is 4.92. The summed E-state index contributed by atoms with van der Waals surface area (Å²) >= 11 is 3.43. The van der Waals surface area contributed by atoms with Gasteiger partial charge in [-0.1, -0.05) is 15.9 Å².